The van der Waals surface area contributed by atoms with Gasteiger partial charge in [-0.1, -0.05) is 0 Å². The van der Waals surface area contributed by atoms with Crippen LogP contribution in [0.25, 0.3) is 0 Å². The van der Waals surface area contributed by atoms with Gasteiger partial charge in [0.05, 0.1) is 0 Å². The van der Waals surface area contributed by atoms with Crippen molar-refractivity contribution in [3.8, 4) is 0 Å². The fraction of sp³-hybridized carbons (Fsp3) is 0.600. The maximum atomic E-state index is 2.65. The van der Waals surface area contributed by atoms with Crippen LogP contribution in [-0.2, 0) is 13.0 Å². The van der Waals surface area contributed by atoms with E-state index in [9.17, 15) is 0 Å². The van der Waals surface area contributed by atoms with Crippen molar-refractivity contribution >= 4 is 11.3 Å². The first kappa shape index (κ1) is 7.10. The summed E-state index contributed by atoms with van der Waals surface area (Å²) in [5, 5.41) is 2.24. The van der Waals surface area contributed by atoms with Gasteiger partial charge in [-0.3, -0.25) is 4.90 Å². The van der Waals surface area contributed by atoms with Gasteiger partial charge < -0.3 is 0 Å². The maximum Gasteiger partial charge on any atom is 0.0333 e. The molecule has 2 heteroatoms. The molecule has 12 heavy (non-hydrogen) atoms. The molecule has 3 rings (SSSR count). The van der Waals surface area contributed by atoms with Crippen molar-refractivity contribution in [3.05, 3.63) is 21.9 Å². The summed E-state index contributed by atoms with van der Waals surface area (Å²) in [6.07, 6.45) is 4.18. The minimum absolute atomic E-state index is 0.945. The summed E-state index contributed by atoms with van der Waals surface area (Å²) in [4.78, 5) is 4.27. The highest BCUT2D eigenvalue weighted by molar-refractivity contribution is 7.10. The standard InChI is InChI=1S/C10H13NS/c1-2-9(1)11-5-3-8-4-6-12-10(8)7-11/h4,6,9H,1-3,5,7H2. The van der Waals surface area contributed by atoms with E-state index < -0.39 is 0 Å². The zero-order valence-electron chi connectivity index (χ0n) is 7.12. The minimum Gasteiger partial charge on any atom is -0.295 e. The number of fused-ring (bicyclic) bond motifs is 1. The molecular formula is C10H13NS. The number of rotatable bonds is 1. The molecule has 2 aliphatic rings. The largest absolute Gasteiger partial charge is 0.295 e. The molecule has 1 aliphatic carbocycles. The Bertz CT molecular complexity index is 288. The highest BCUT2D eigenvalue weighted by atomic mass is 32.1. The van der Waals surface area contributed by atoms with Gasteiger partial charge in [0.2, 0.25) is 0 Å². The summed E-state index contributed by atoms with van der Waals surface area (Å²) in [7, 11) is 0. The van der Waals surface area contributed by atoms with Crippen LogP contribution in [0.15, 0.2) is 11.4 Å². The van der Waals surface area contributed by atoms with Crippen molar-refractivity contribution in [1.29, 1.82) is 0 Å². The third-order valence-corrected chi connectivity index (χ3v) is 3.86. The van der Waals surface area contributed by atoms with Crippen LogP contribution in [0, 0.1) is 0 Å². The lowest BCUT2D eigenvalue weighted by molar-refractivity contribution is 0.247. The lowest BCUT2D eigenvalue weighted by Gasteiger charge is -2.26. The van der Waals surface area contributed by atoms with Crippen LogP contribution in [0.5, 0.6) is 0 Å². The number of hydrogen-bond donors (Lipinski definition) is 0. The predicted octanol–water partition coefficient (Wildman–Crippen LogP) is 2.27. The van der Waals surface area contributed by atoms with Gasteiger partial charge in [-0.25, -0.2) is 0 Å². The van der Waals surface area contributed by atoms with Crippen LogP contribution in [0.1, 0.15) is 23.3 Å². The van der Waals surface area contributed by atoms with Crippen LogP contribution in [0.3, 0.4) is 0 Å². The van der Waals surface area contributed by atoms with Crippen LogP contribution >= 0.6 is 11.3 Å². The summed E-state index contributed by atoms with van der Waals surface area (Å²) in [6.45, 7) is 2.53. The fourth-order valence-electron chi connectivity index (χ4n) is 2.01. The third kappa shape index (κ3) is 1.10. The van der Waals surface area contributed by atoms with E-state index in [0.29, 0.717) is 0 Å². The van der Waals surface area contributed by atoms with Crippen molar-refractivity contribution in [2.75, 3.05) is 6.54 Å². The van der Waals surface area contributed by atoms with Gasteiger partial charge in [0.15, 0.2) is 0 Å². The molecule has 1 fully saturated rings. The molecule has 0 unspecified atom stereocenters. The summed E-state index contributed by atoms with van der Waals surface area (Å²) < 4.78 is 0. The zero-order chi connectivity index (χ0) is 7.97. The maximum absolute atomic E-state index is 2.65. The molecule has 1 aromatic heterocycles. The molecule has 1 saturated carbocycles. The van der Waals surface area contributed by atoms with Gasteiger partial charge in [0.25, 0.3) is 0 Å². The number of thiophene rings is 1. The lowest BCUT2D eigenvalue weighted by atomic mass is 10.1. The Hall–Kier alpha value is -0.340. The summed E-state index contributed by atoms with van der Waals surface area (Å²) in [5.41, 5.74) is 1.61. The molecule has 0 radical (unpaired) electrons. The second kappa shape index (κ2) is 2.57. The molecule has 0 spiro atoms. The molecule has 64 valence electrons. The number of hydrogen-bond acceptors (Lipinski definition) is 2. The molecule has 0 amide bonds. The Morgan fingerprint density at radius 3 is 3.17 bits per heavy atom. The zero-order valence-corrected chi connectivity index (χ0v) is 7.94. The van der Waals surface area contributed by atoms with E-state index in [4.69, 9.17) is 0 Å². The SMILES string of the molecule is c1cc2c(s1)CN(C1CC1)CC2. The van der Waals surface area contributed by atoms with E-state index in [1.807, 2.05) is 11.3 Å². The van der Waals surface area contributed by atoms with Crippen LogP contribution in [0.2, 0.25) is 0 Å². The minimum atomic E-state index is 0.945. The topological polar surface area (TPSA) is 3.24 Å². The molecule has 0 saturated heterocycles. The molecule has 2 heterocycles. The first-order valence-electron chi connectivity index (χ1n) is 4.73. The van der Waals surface area contributed by atoms with Crippen molar-refractivity contribution in [2.45, 2.75) is 31.8 Å². The summed E-state index contributed by atoms with van der Waals surface area (Å²) in [6, 6.07) is 3.24. The molecule has 0 aromatic carbocycles. The predicted molar refractivity (Wildman–Crippen MR) is 51.5 cm³/mol. The number of nitrogens with zero attached hydrogens (tertiary/aromatic N) is 1. The Morgan fingerprint density at radius 2 is 2.33 bits per heavy atom. The summed E-state index contributed by atoms with van der Waals surface area (Å²) >= 11 is 1.93. The Kier molecular flexibility index (Phi) is 1.52. The van der Waals surface area contributed by atoms with Gasteiger partial charge >= 0.3 is 0 Å². The quantitative estimate of drug-likeness (QED) is 0.639. The van der Waals surface area contributed by atoms with E-state index in [-0.39, 0.29) is 0 Å². The second-order valence-corrected chi connectivity index (χ2v) is 4.82. The van der Waals surface area contributed by atoms with E-state index in [0.717, 1.165) is 6.04 Å². The van der Waals surface area contributed by atoms with Crippen LogP contribution in [0.4, 0.5) is 0 Å². The van der Waals surface area contributed by atoms with Gasteiger partial charge in [0.1, 0.15) is 0 Å². The first-order chi connectivity index (χ1) is 5.93. The normalized spacial score (nSPS) is 24.0. The average molecular weight is 179 g/mol. The highest BCUT2D eigenvalue weighted by Crippen LogP contribution is 2.33. The van der Waals surface area contributed by atoms with Crippen molar-refractivity contribution < 1.29 is 0 Å². The van der Waals surface area contributed by atoms with Crippen LogP contribution < -0.4 is 0 Å². The highest BCUT2D eigenvalue weighted by Gasteiger charge is 2.31. The second-order valence-electron chi connectivity index (χ2n) is 3.82. The third-order valence-electron chi connectivity index (χ3n) is 2.92. The Balaban J connectivity index is 1.83. The molecule has 1 aromatic rings. The van der Waals surface area contributed by atoms with Gasteiger partial charge in [-0.2, -0.15) is 0 Å². The lowest BCUT2D eigenvalue weighted by Crippen LogP contribution is -2.31. The van der Waals surface area contributed by atoms with Gasteiger partial charge in [-0.15, -0.1) is 11.3 Å². The molecule has 0 bridgehead atoms. The van der Waals surface area contributed by atoms with Gasteiger partial charge in [-0.05, 0) is 36.3 Å². The average Bonchev–Trinajstić information content (AvgIpc) is 2.84. The van der Waals surface area contributed by atoms with Crippen LogP contribution in [-0.4, -0.2) is 17.5 Å². The molecule has 0 atom stereocenters. The monoisotopic (exact) mass is 179 g/mol. The Labute approximate surface area is 77.0 Å². The van der Waals surface area contributed by atoms with E-state index >= 15 is 0 Å². The summed E-state index contributed by atoms with van der Waals surface area (Å²) in [5.74, 6) is 0. The first-order valence-corrected chi connectivity index (χ1v) is 5.61. The van der Waals surface area contributed by atoms with E-state index in [1.54, 1.807) is 10.4 Å². The Morgan fingerprint density at radius 1 is 1.42 bits per heavy atom. The smallest absolute Gasteiger partial charge is 0.0333 e. The molecule has 0 N–H and O–H groups in total. The molecular weight excluding hydrogens is 166 g/mol. The van der Waals surface area contributed by atoms with Crippen molar-refractivity contribution in [2.24, 2.45) is 0 Å². The van der Waals surface area contributed by atoms with E-state index in [2.05, 4.69) is 16.3 Å². The van der Waals surface area contributed by atoms with Gasteiger partial charge in [0, 0.05) is 24.0 Å². The molecule has 1 aliphatic heterocycles. The van der Waals surface area contributed by atoms with E-state index in [1.165, 1.54) is 32.4 Å². The van der Waals surface area contributed by atoms with Crippen molar-refractivity contribution in [3.63, 3.8) is 0 Å². The van der Waals surface area contributed by atoms with Crippen molar-refractivity contribution in [1.82, 2.24) is 4.90 Å². The molecule has 1 nitrogen and oxygen atoms in total. The fourth-order valence-corrected chi connectivity index (χ4v) is 2.97.